The minimum atomic E-state index is 0.139. The molecule has 1 unspecified atom stereocenters. The zero-order chi connectivity index (χ0) is 13.8. The summed E-state index contributed by atoms with van der Waals surface area (Å²) in [5.74, 6) is 0. The van der Waals surface area contributed by atoms with E-state index in [2.05, 4.69) is 18.0 Å². The van der Waals surface area contributed by atoms with Gasteiger partial charge >= 0.3 is 0 Å². The normalized spacial score (nSPS) is 18.3. The highest BCUT2D eigenvalue weighted by molar-refractivity contribution is 6.30. The summed E-state index contributed by atoms with van der Waals surface area (Å²) >= 11 is 6.11. The number of anilines is 1. The maximum absolute atomic E-state index is 6.11. The fourth-order valence-electron chi connectivity index (χ4n) is 2.68. The molecule has 19 heavy (non-hydrogen) atoms. The van der Waals surface area contributed by atoms with Gasteiger partial charge in [0.15, 0.2) is 0 Å². The van der Waals surface area contributed by atoms with E-state index in [1.165, 1.54) is 11.3 Å². The number of rotatable bonds is 4. The Balaban J connectivity index is 2.21. The average molecular weight is 283 g/mol. The van der Waals surface area contributed by atoms with Gasteiger partial charge in [0.2, 0.25) is 0 Å². The van der Waals surface area contributed by atoms with Crippen LogP contribution in [0.4, 0.5) is 5.69 Å². The quantitative estimate of drug-likeness (QED) is 0.923. The lowest BCUT2D eigenvalue weighted by Crippen LogP contribution is -2.37. The topological polar surface area (TPSA) is 38.5 Å². The first kappa shape index (κ1) is 14.6. The zero-order valence-corrected chi connectivity index (χ0v) is 12.5. The largest absolute Gasteiger partial charge is 0.381 e. The summed E-state index contributed by atoms with van der Waals surface area (Å²) in [6, 6.07) is 6.78. The van der Waals surface area contributed by atoms with Crippen molar-refractivity contribution in [3.05, 3.63) is 28.8 Å². The van der Waals surface area contributed by atoms with E-state index >= 15 is 0 Å². The number of nitrogens with zero attached hydrogens (tertiary/aromatic N) is 1. The van der Waals surface area contributed by atoms with Crippen LogP contribution in [0, 0.1) is 0 Å². The third-order valence-electron chi connectivity index (χ3n) is 3.70. The van der Waals surface area contributed by atoms with E-state index in [9.17, 15) is 0 Å². The molecule has 0 radical (unpaired) electrons. The van der Waals surface area contributed by atoms with Gasteiger partial charge in [0, 0.05) is 43.1 Å². The molecule has 0 aliphatic carbocycles. The fraction of sp³-hybridized carbons (Fsp3) is 0.600. The molecule has 1 fully saturated rings. The van der Waals surface area contributed by atoms with Crippen LogP contribution < -0.4 is 10.6 Å². The second-order valence-corrected chi connectivity index (χ2v) is 5.85. The van der Waals surface area contributed by atoms with Crippen LogP contribution in [0.15, 0.2) is 18.2 Å². The van der Waals surface area contributed by atoms with Crippen LogP contribution in [0.3, 0.4) is 0 Å². The molecule has 3 nitrogen and oxygen atoms in total. The molecule has 1 atom stereocenters. The first-order chi connectivity index (χ1) is 9.08. The lowest BCUT2D eigenvalue weighted by atomic mass is 10.0. The Hall–Kier alpha value is -0.770. The second-order valence-electron chi connectivity index (χ2n) is 5.41. The van der Waals surface area contributed by atoms with Crippen molar-refractivity contribution in [2.45, 2.75) is 38.3 Å². The third kappa shape index (κ3) is 3.85. The molecule has 1 aliphatic heterocycles. The van der Waals surface area contributed by atoms with Gasteiger partial charge in [0.25, 0.3) is 0 Å². The molecule has 2 rings (SSSR count). The zero-order valence-electron chi connectivity index (χ0n) is 11.7. The van der Waals surface area contributed by atoms with Crippen molar-refractivity contribution in [3.8, 4) is 0 Å². The van der Waals surface area contributed by atoms with Gasteiger partial charge in [-0.15, -0.1) is 0 Å². The number of ether oxygens (including phenoxy) is 1. The molecule has 1 aromatic rings. The van der Waals surface area contributed by atoms with Crippen molar-refractivity contribution in [1.29, 1.82) is 0 Å². The van der Waals surface area contributed by atoms with E-state index in [1.54, 1.807) is 0 Å². The average Bonchev–Trinajstić information content (AvgIpc) is 2.38. The first-order valence-electron chi connectivity index (χ1n) is 6.92. The summed E-state index contributed by atoms with van der Waals surface area (Å²) < 4.78 is 5.43. The van der Waals surface area contributed by atoms with Crippen molar-refractivity contribution in [3.63, 3.8) is 0 Å². The number of hydrogen-bond donors (Lipinski definition) is 1. The van der Waals surface area contributed by atoms with Gasteiger partial charge in [-0.05, 0) is 49.9 Å². The number of benzene rings is 1. The Morgan fingerprint density at radius 3 is 2.74 bits per heavy atom. The van der Waals surface area contributed by atoms with Gasteiger partial charge in [0.1, 0.15) is 0 Å². The minimum Gasteiger partial charge on any atom is -0.381 e. The Morgan fingerprint density at radius 2 is 2.11 bits per heavy atom. The summed E-state index contributed by atoms with van der Waals surface area (Å²) in [5.41, 5.74) is 8.42. The van der Waals surface area contributed by atoms with Gasteiger partial charge in [-0.25, -0.2) is 0 Å². The molecule has 0 saturated carbocycles. The highest BCUT2D eigenvalue weighted by Crippen LogP contribution is 2.28. The summed E-state index contributed by atoms with van der Waals surface area (Å²) in [5, 5.41) is 0.778. The molecule has 1 saturated heterocycles. The smallest absolute Gasteiger partial charge is 0.0485 e. The summed E-state index contributed by atoms with van der Waals surface area (Å²) in [6.07, 6.45) is 3.01. The fourth-order valence-corrected chi connectivity index (χ4v) is 2.87. The Morgan fingerprint density at radius 1 is 1.42 bits per heavy atom. The molecule has 2 N–H and O–H groups in total. The number of halogens is 1. The van der Waals surface area contributed by atoms with Crippen LogP contribution >= 0.6 is 11.6 Å². The monoisotopic (exact) mass is 282 g/mol. The molecular formula is C15H23ClN2O. The molecular weight excluding hydrogens is 260 g/mol. The Labute approximate surface area is 120 Å². The first-order valence-corrected chi connectivity index (χ1v) is 7.30. The standard InChI is InChI=1S/C15H23ClN2O/c1-11(17)9-12-10-13(16)3-4-15(12)18(2)14-5-7-19-8-6-14/h3-4,10-11,14H,5-9,17H2,1-2H3. The Bertz CT molecular complexity index is 417. The maximum atomic E-state index is 6.11. The molecule has 1 heterocycles. The van der Waals surface area contributed by atoms with Crippen LogP contribution in [0.1, 0.15) is 25.3 Å². The highest BCUT2D eigenvalue weighted by atomic mass is 35.5. The molecule has 0 aromatic heterocycles. The van der Waals surface area contributed by atoms with Crippen molar-refractivity contribution in [2.75, 3.05) is 25.2 Å². The van der Waals surface area contributed by atoms with E-state index in [4.69, 9.17) is 22.1 Å². The van der Waals surface area contributed by atoms with Crippen LogP contribution in [0.2, 0.25) is 5.02 Å². The van der Waals surface area contributed by atoms with E-state index in [-0.39, 0.29) is 6.04 Å². The van der Waals surface area contributed by atoms with Crippen molar-refractivity contribution in [1.82, 2.24) is 0 Å². The predicted octanol–water partition coefficient (Wildman–Crippen LogP) is 2.84. The van der Waals surface area contributed by atoms with E-state index < -0.39 is 0 Å². The summed E-state index contributed by atoms with van der Waals surface area (Å²) in [7, 11) is 2.16. The number of nitrogens with two attached hydrogens (primary N) is 1. The third-order valence-corrected chi connectivity index (χ3v) is 3.94. The molecule has 0 bridgehead atoms. The molecule has 106 valence electrons. The van der Waals surface area contributed by atoms with E-state index in [0.29, 0.717) is 6.04 Å². The lowest BCUT2D eigenvalue weighted by Gasteiger charge is -2.34. The van der Waals surface area contributed by atoms with Crippen molar-refractivity contribution >= 4 is 17.3 Å². The molecule has 0 amide bonds. The summed E-state index contributed by atoms with van der Waals surface area (Å²) in [4.78, 5) is 2.36. The molecule has 0 spiro atoms. The predicted molar refractivity (Wildman–Crippen MR) is 81.0 cm³/mol. The van der Waals surface area contributed by atoms with E-state index in [1.807, 2.05) is 19.1 Å². The van der Waals surface area contributed by atoms with Crippen LogP contribution in [-0.4, -0.2) is 32.3 Å². The van der Waals surface area contributed by atoms with Crippen LogP contribution in [0.5, 0.6) is 0 Å². The molecule has 1 aliphatic rings. The highest BCUT2D eigenvalue weighted by Gasteiger charge is 2.20. The van der Waals surface area contributed by atoms with Crippen LogP contribution in [0.25, 0.3) is 0 Å². The minimum absolute atomic E-state index is 0.139. The molecule has 4 heteroatoms. The molecule has 1 aromatic carbocycles. The van der Waals surface area contributed by atoms with Gasteiger partial charge in [-0.1, -0.05) is 11.6 Å². The second kappa shape index (κ2) is 6.60. The Kier molecular flexibility index (Phi) is 5.08. The lowest BCUT2D eigenvalue weighted by molar-refractivity contribution is 0.0854. The van der Waals surface area contributed by atoms with E-state index in [0.717, 1.165) is 37.5 Å². The number of hydrogen-bond acceptors (Lipinski definition) is 3. The summed E-state index contributed by atoms with van der Waals surface area (Å²) in [6.45, 7) is 3.73. The van der Waals surface area contributed by atoms with Crippen molar-refractivity contribution in [2.24, 2.45) is 5.73 Å². The van der Waals surface area contributed by atoms with Crippen molar-refractivity contribution < 1.29 is 4.74 Å². The van der Waals surface area contributed by atoms with Gasteiger partial charge in [-0.2, -0.15) is 0 Å². The SMILES string of the molecule is CC(N)Cc1cc(Cl)ccc1N(C)C1CCOCC1. The van der Waals surface area contributed by atoms with Crippen LogP contribution in [-0.2, 0) is 11.2 Å². The van der Waals surface area contributed by atoms with Gasteiger partial charge < -0.3 is 15.4 Å². The maximum Gasteiger partial charge on any atom is 0.0485 e. The van der Waals surface area contributed by atoms with Gasteiger partial charge in [-0.3, -0.25) is 0 Å². The van der Waals surface area contributed by atoms with Gasteiger partial charge in [0.05, 0.1) is 0 Å².